The monoisotopic (exact) mass is 470 g/mol. The van der Waals surface area contributed by atoms with Gasteiger partial charge in [0.1, 0.15) is 17.2 Å². The highest BCUT2D eigenvalue weighted by molar-refractivity contribution is 5.88. The van der Waals surface area contributed by atoms with Crippen LogP contribution in [-0.4, -0.2) is 46.4 Å². The summed E-state index contributed by atoms with van der Waals surface area (Å²) in [4.78, 5) is 22.3. The molecule has 0 spiro atoms. The van der Waals surface area contributed by atoms with Crippen molar-refractivity contribution in [3.63, 3.8) is 0 Å². The average molecular weight is 471 g/mol. The largest absolute Gasteiger partial charge is 0.497 e. The van der Waals surface area contributed by atoms with E-state index in [2.05, 4.69) is 33.1 Å². The summed E-state index contributed by atoms with van der Waals surface area (Å²) >= 11 is 0. The summed E-state index contributed by atoms with van der Waals surface area (Å²) < 4.78 is 13.3. The number of aromatic carboxylic acids is 1. The summed E-state index contributed by atoms with van der Waals surface area (Å²) in [5, 5.41) is 9.33. The van der Waals surface area contributed by atoms with Gasteiger partial charge in [-0.2, -0.15) is 0 Å². The van der Waals surface area contributed by atoms with Gasteiger partial charge >= 0.3 is 5.97 Å². The first kappa shape index (κ1) is 22.5. The van der Waals surface area contributed by atoms with Crippen molar-refractivity contribution in [2.45, 2.75) is 18.9 Å². The Morgan fingerprint density at radius 3 is 2.69 bits per heavy atom. The standard InChI is InChI=1S/C27H26N4O4/c1-30(20-3-6-22(34-2)7-4-20)21-5-8-23-19(10-14-35-25(23)16-21)17-31-13-12-29-26(31)24-15-18(27(32)33)9-11-28-24/h3-9,11-13,15-16,19H,10,14,17H2,1-2H3,(H,32,33). The van der Waals surface area contributed by atoms with Crippen molar-refractivity contribution in [2.75, 3.05) is 25.7 Å². The van der Waals surface area contributed by atoms with Crippen LogP contribution < -0.4 is 14.4 Å². The molecule has 0 saturated carbocycles. The molecule has 0 saturated heterocycles. The molecule has 2 aromatic heterocycles. The Morgan fingerprint density at radius 1 is 1.11 bits per heavy atom. The molecule has 178 valence electrons. The van der Waals surface area contributed by atoms with E-state index in [0.717, 1.165) is 34.9 Å². The number of nitrogens with zero attached hydrogens (tertiary/aromatic N) is 4. The molecule has 0 radical (unpaired) electrons. The van der Waals surface area contributed by atoms with E-state index in [-0.39, 0.29) is 11.5 Å². The van der Waals surface area contributed by atoms with E-state index in [1.807, 2.05) is 42.1 Å². The Balaban J connectivity index is 1.39. The molecule has 1 aliphatic heterocycles. The van der Waals surface area contributed by atoms with Gasteiger partial charge in [0.2, 0.25) is 0 Å². The number of carboxylic acids is 1. The quantitative estimate of drug-likeness (QED) is 0.407. The van der Waals surface area contributed by atoms with Gasteiger partial charge in [-0.15, -0.1) is 0 Å². The molecular formula is C27H26N4O4. The van der Waals surface area contributed by atoms with Gasteiger partial charge in [-0.3, -0.25) is 4.98 Å². The molecule has 8 nitrogen and oxygen atoms in total. The smallest absolute Gasteiger partial charge is 0.335 e. The zero-order valence-electron chi connectivity index (χ0n) is 19.6. The van der Waals surface area contributed by atoms with Gasteiger partial charge in [-0.1, -0.05) is 6.07 Å². The lowest BCUT2D eigenvalue weighted by atomic mass is 9.92. The van der Waals surface area contributed by atoms with Crippen LogP contribution in [0.25, 0.3) is 11.5 Å². The normalized spacial score (nSPS) is 14.6. The first-order valence-electron chi connectivity index (χ1n) is 11.4. The zero-order valence-corrected chi connectivity index (χ0v) is 19.6. The second kappa shape index (κ2) is 9.50. The number of hydrogen-bond acceptors (Lipinski definition) is 6. The van der Waals surface area contributed by atoms with Gasteiger partial charge in [0.25, 0.3) is 0 Å². The molecule has 1 N–H and O–H groups in total. The van der Waals surface area contributed by atoms with Gasteiger partial charge < -0.3 is 24.0 Å². The molecule has 1 aliphatic rings. The Labute approximate surface area is 203 Å². The Kier molecular flexibility index (Phi) is 6.10. The third-order valence-electron chi connectivity index (χ3n) is 6.38. The lowest BCUT2D eigenvalue weighted by molar-refractivity contribution is 0.0696. The molecule has 0 aliphatic carbocycles. The third kappa shape index (κ3) is 4.55. The third-order valence-corrected chi connectivity index (χ3v) is 6.38. The van der Waals surface area contributed by atoms with Crippen molar-refractivity contribution >= 4 is 17.3 Å². The number of pyridine rings is 1. The van der Waals surface area contributed by atoms with Crippen LogP contribution in [0.3, 0.4) is 0 Å². The molecule has 2 aromatic carbocycles. The highest BCUT2D eigenvalue weighted by Crippen LogP contribution is 2.39. The molecule has 4 aromatic rings. The fraction of sp³-hybridized carbons (Fsp3) is 0.222. The predicted molar refractivity (Wildman–Crippen MR) is 133 cm³/mol. The molecule has 5 rings (SSSR count). The maximum Gasteiger partial charge on any atom is 0.335 e. The summed E-state index contributed by atoms with van der Waals surface area (Å²) in [7, 11) is 3.69. The number of ether oxygens (including phenoxy) is 2. The number of fused-ring (bicyclic) bond motifs is 1. The molecule has 8 heteroatoms. The fourth-order valence-electron chi connectivity index (χ4n) is 4.42. The number of aromatic nitrogens is 3. The zero-order chi connectivity index (χ0) is 24.4. The highest BCUT2D eigenvalue weighted by atomic mass is 16.5. The summed E-state index contributed by atoms with van der Waals surface area (Å²) in [6.45, 7) is 1.32. The van der Waals surface area contributed by atoms with Crippen LogP contribution in [0, 0.1) is 0 Å². The maximum atomic E-state index is 11.4. The summed E-state index contributed by atoms with van der Waals surface area (Å²) in [6, 6.07) is 17.3. The van der Waals surface area contributed by atoms with Gasteiger partial charge in [-0.25, -0.2) is 9.78 Å². The van der Waals surface area contributed by atoms with Crippen LogP contribution in [0.15, 0.2) is 73.2 Å². The van der Waals surface area contributed by atoms with Gasteiger partial charge in [-0.05, 0) is 54.4 Å². The van der Waals surface area contributed by atoms with Crippen LogP contribution in [0.5, 0.6) is 11.5 Å². The number of imidazole rings is 1. The number of rotatable bonds is 7. The first-order valence-corrected chi connectivity index (χ1v) is 11.4. The van der Waals surface area contributed by atoms with E-state index >= 15 is 0 Å². The second-order valence-corrected chi connectivity index (χ2v) is 8.45. The van der Waals surface area contributed by atoms with E-state index in [4.69, 9.17) is 9.47 Å². The molecule has 1 unspecified atom stereocenters. The summed E-state index contributed by atoms with van der Waals surface area (Å²) in [6.07, 6.45) is 6.01. The molecule has 0 bridgehead atoms. The van der Waals surface area contributed by atoms with Crippen LogP contribution in [0.1, 0.15) is 28.3 Å². The minimum Gasteiger partial charge on any atom is -0.497 e. The number of hydrogen-bond donors (Lipinski definition) is 1. The van der Waals surface area contributed by atoms with E-state index in [1.54, 1.807) is 19.4 Å². The number of carbonyl (C=O) groups is 1. The molecular weight excluding hydrogens is 444 g/mol. The molecule has 0 amide bonds. The van der Waals surface area contributed by atoms with Crippen LogP contribution in [0.4, 0.5) is 11.4 Å². The van der Waals surface area contributed by atoms with Crippen LogP contribution >= 0.6 is 0 Å². The van der Waals surface area contributed by atoms with Crippen molar-refractivity contribution in [1.29, 1.82) is 0 Å². The van der Waals surface area contributed by atoms with Crippen molar-refractivity contribution in [1.82, 2.24) is 14.5 Å². The highest BCUT2D eigenvalue weighted by Gasteiger charge is 2.24. The Bertz CT molecular complexity index is 1350. The average Bonchev–Trinajstić information content (AvgIpc) is 3.36. The summed E-state index contributed by atoms with van der Waals surface area (Å²) in [5.74, 6) is 1.60. The fourth-order valence-corrected chi connectivity index (χ4v) is 4.42. The first-order chi connectivity index (χ1) is 17.0. The van der Waals surface area contributed by atoms with Gasteiger partial charge in [0, 0.05) is 55.5 Å². The lowest BCUT2D eigenvalue weighted by Gasteiger charge is -2.28. The van der Waals surface area contributed by atoms with Gasteiger partial charge in [0.15, 0.2) is 5.82 Å². The van der Waals surface area contributed by atoms with Crippen molar-refractivity contribution in [2.24, 2.45) is 0 Å². The SMILES string of the molecule is COc1ccc(N(C)c2ccc3c(c2)OCCC3Cn2ccnc2-c2cc(C(=O)O)ccn2)cc1. The van der Waals surface area contributed by atoms with Gasteiger partial charge in [0.05, 0.1) is 19.3 Å². The topological polar surface area (TPSA) is 89.7 Å². The van der Waals surface area contributed by atoms with Crippen molar-refractivity contribution in [3.05, 3.63) is 84.3 Å². The molecule has 3 heterocycles. The van der Waals surface area contributed by atoms with Crippen LogP contribution in [-0.2, 0) is 6.54 Å². The summed E-state index contributed by atoms with van der Waals surface area (Å²) in [5.41, 5.74) is 3.97. The second-order valence-electron chi connectivity index (χ2n) is 8.45. The van der Waals surface area contributed by atoms with Crippen molar-refractivity contribution < 1.29 is 19.4 Å². The number of methoxy groups -OCH3 is 1. The molecule has 35 heavy (non-hydrogen) atoms. The predicted octanol–water partition coefficient (Wildman–Crippen LogP) is 4.99. The lowest BCUT2D eigenvalue weighted by Crippen LogP contribution is -2.19. The Morgan fingerprint density at radius 2 is 1.91 bits per heavy atom. The van der Waals surface area contributed by atoms with E-state index in [1.165, 1.54) is 12.3 Å². The molecule has 0 fully saturated rings. The number of anilines is 2. The Hall–Kier alpha value is -4.33. The van der Waals surface area contributed by atoms with Crippen molar-refractivity contribution in [3.8, 4) is 23.0 Å². The van der Waals surface area contributed by atoms with Crippen LogP contribution in [0.2, 0.25) is 0 Å². The van der Waals surface area contributed by atoms with E-state index in [0.29, 0.717) is 24.7 Å². The van der Waals surface area contributed by atoms with E-state index in [9.17, 15) is 9.90 Å². The number of carboxylic acid groups (broad SMARTS) is 1. The molecule has 1 atom stereocenters. The minimum atomic E-state index is -0.986. The van der Waals surface area contributed by atoms with E-state index < -0.39 is 5.97 Å². The number of benzene rings is 2. The maximum absolute atomic E-state index is 11.4. The minimum absolute atomic E-state index is 0.189.